The molecule has 0 saturated heterocycles. The van der Waals surface area contributed by atoms with Crippen molar-refractivity contribution in [2.45, 2.75) is 84.5 Å². The standard InChI is InChI=1S/C20H27BrN2.C3H8O2/c1-20(2,3)23-19-11-10-16-12-17(21)15(13-18(16)22-19)9-8-14-6-4-5-7-14;1-3(2,4)5/h10-14H,4-9H2,1-3H3,(H,22,23);4-5H,1-2H3. The third-order valence-corrected chi connectivity index (χ3v) is 5.40. The van der Waals surface area contributed by atoms with Crippen LogP contribution in [0.2, 0.25) is 0 Å². The molecule has 5 heteroatoms. The average Bonchev–Trinajstić information content (AvgIpc) is 3.03. The van der Waals surface area contributed by atoms with E-state index in [0.717, 1.165) is 23.7 Å². The van der Waals surface area contributed by atoms with Crippen LogP contribution in [0.3, 0.4) is 0 Å². The molecule has 28 heavy (non-hydrogen) atoms. The molecular formula is C23H35BrN2O2. The maximum absolute atomic E-state index is 8.08. The van der Waals surface area contributed by atoms with Gasteiger partial charge in [0.2, 0.25) is 0 Å². The molecule has 1 aliphatic rings. The zero-order chi connectivity index (χ0) is 20.9. The first-order chi connectivity index (χ1) is 12.9. The molecule has 1 aromatic heterocycles. The molecule has 0 spiro atoms. The van der Waals surface area contributed by atoms with Gasteiger partial charge in [-0.3, -0.25) is 0 Å². The van der Waals surface area contributed by atoms with Crippen LogP contribution in [0, 0.1) is 5.92 Å². The topological polar surface area (TPSA) is 65.4 Å². The number of aryl methyl sites for hydroxylation is 1. The van der Waals surface area contributed by atoms with Gasteiger partial charge in [-0.1, -0.05) is 41.6 Å². The van der Waals surface area contributed by atoms with Crippen molar-refractivity contribution in [2.75, 3.05) is 5.32 Å². The second-order valence-electron chi connectivity index (χ2n) is 9.39. The summed E-state index contributed by atoms with van der Waals surface area (Å²) in [5, 5.41) is 20.8. The van der Waals surface area contributed by atoms with Crippen LogP contribution in [0.15, 0.2) is 28.7 Å². The lowest BCUT2D eigenvalue weighted by Gasteiger charge is -2.21. The lowest BCUT2D eigenvalue weighted by atomic mass is 9.97. The van der Waals surface area contributed by atoms with E-state index in [-0.39, 0.29) is 5.54 Å². The number of halogens is 1. The van der Waals surface area contributed by atoms with E-state index < -0.39 is 5.79 Å². The van der Waals surface area contributed by atoms with E-state index in [0.29, 0.717) is 0 Å². The van der Waals surface area contributed by atoms with Crippen molar-refractivity contribution in [1.29, 1.82) is 0 Å². The fourth-order valence-electron chi connectivity index (χ4n) is 3.49. The number of anilines is 1. The zero-order valence-corrected chi connectivity index (χ0v) is 19.4. The Bertz CT molecular complexity index is 766. The van der Waals surface area contributed by atoms with E-state index in [9.17, 15) is 0 Å². The maximum atomic E-state index is 8.08. The summed E-state index contributed by atoms with van der Waals surface area (Å²) in [6, 6.07) is 8.70. The molecule has 0 bridgehead atoms. The summed E-state index contributed by atoms with van der Waals surface area (Å²) in [6.45, 7) is 9.08. The van der Waals surface area contributed by atoms with Gasteiger partial charge in [0, 0.05) is 15.4 Å². The number of aliphatic hydroxyl groups is 2. The van der Waals surface area contributed by atoms with Gasteiger partial charge in [0.1, 0.15) is 5.82 Å². The highest BCUT2D eigenvalue weighted by molar-refractivity contribution is 9.10. The van der Waals surface area contributed by atoms with Gasteiger partial charge in [-0.2, -0.15) is 0 Å². The second kappa shape index (κ2) is 9.55. The smallest absolute Gasteiger partial charge is 0.156 e. The highest BCUT2D eigenvalue weighted by Gasteiger charge is 2.16. The van der Waals surface area contributed by atoms with Crippen LogP contribution in [0.1, 0.15) is 72.3 Å². The molecule has 1 aliphatic carbocycles. The molecule has 1 aromatic carbocycles. The predicted octanol–water partition coefficient (Wildman–Crippen LogP) is 6.04. The van der Waals surface area contributed by atoms with Crippen molar-refractivity contribution in [3.8, 4) is 0 Å². The third-order valence-electron chi connectivity index (χ3n) is 4.66. The van der Waals surface area contributed by atoms with E-state index in [1.807, 2.05) is 0 Å². The third kappa shape index (κ3) is 8.46. The minimum Gasteiger partial charge on any atom is -0.366 e. The number of pyridine rings is 1. The molecule has 3 N–H and O–H groups in total. The van der Waals surface area contributed by atoms with Crippen LogP contribution in [-0.4, -0.2) is 26.5 Å². The van der Waals surface area contributed by atoms with Crippen LogP contribution in [0.5, 0.6) is 0 Å². The van der Waals surface area contributed by atoms with Gasteiger partial charge >= 0.3 is 0 Å². The largest absolute Gasteiger partial charge is 0.366 e. The van der Waals surface area contributed by atoms with Crippen LogP contribution < -0.4 is 5.32 Å². The van der Waals surface area contributed by atoms with Gasteiger partial charge in [-0.15, -0.1) is 0 Å². The number of nitrogens with one attached hydrogen (secondary N) is 1. The Labute approximate surface area is 177 Å². The molecule has 4 nitrogen and oxygen atoms in total. The molecular weight excluding hydrogens is 416 g/mol. The summed E-state index contributed by atoms with van der Waals surface area (Å²) in [5.41, 5.74) is 2.51. The number of nitrogens with zero attached hydrogens (tertiary/aromatic N) is 1. The fraction of sp³-hybridized carbons (Fsp3) is 0.609. The summed E-state index contributed by atoms with van der Waals surface area (Å²) in [7, 11) is 0. The summed E-state index contributed by atoms with van der Waals surface area (Å²) in [4.78, 5) is 4.81. The molecule has 0 atom stereocenters. The minimum absolute atomic E-state index is 0.0291. The second-order valence-corrected chi connectivity index (χ2v) is 10.2. The van der Waals surface area contributed by atoms with Gasteiger partial charge in [-0.05, 0) is 83.2 Å². The Morgan fingerprint density at radius 3 is 2.25 bits per heavy atom. The first-order valence-electron chi connectivity index (χ1n) is 10.2. The van der Waals surface area contributed by atoms with Crippen molar-refractivity contribution < 1.29 is 10.2 Å². The van der Waals surface area contributed by atoms with Gasteiger partial charge < -0.3 is 15.5 Å². The number of rotatable bonds is 4. The van der Waals surface area contributed by atoms with Crippen molar-refractivity contribution in [3.05, 3.63) is 34.3 Å². The Balaban J connectivity index is 0.000000500. The first-order valence-corrected chi connectivity index (χ1v) is 11.0. The van der Waals surface area contributed by atoms with E-state index >= 15 is 0 Å². The monoisotopic (exact) mass is 450 g/mol. The zero-order valence-electron chi connectivity index (χ0n) is 17.8. The summed E-state index contributed by atoms with van der Waals surface area (Å²) in [6.07, 6.45) is 8.15. The molecule has 1 saturated carbocycles. The first kappa shape index (κ1) is 23.1. The highest BCUT2D eigenvalue weighted by Crippen LogP contribution is 2.31. The fourth-order valence-corrected chi connectivity index (χ4v) is 4.05. The Kier molecular flexibility index (Phi) is 7.89. The average molecular weight is 451 g/mol. The van der Waals surface area contributed by atoms with Crippen LogP contribution in [0.4, 0.5) is 5.82 Å². The van der Waals surface area contributed by atoms with Gasteiger partial charge in [0.25, 0.3) is 0 Å². The van der Waals surface area contributed by atoms with Gasteiger partial charge in [-0.25, -0.2) is 4.98 Å². The lowest BCUT2D eigenvalue weighted by molar-refractivity contribution is -0.127. The van der Waals surface area contributed by atoms with E-state index in [2.05, 4.69) is 66.3 Å². The summed E-state index contributed by atoms with van der Waals surface area (Å²) < 4.78 is 1.22. The van der Waals surface area contributed by atoms with E-state index in [1.165, 1.54) is 61.4 Å². The quantitative estimate of drug-likeness (QED) is 0.496. The molecule has 2 aromatic rings. The Hall–Kier alpha value is -1.17. The van der Waals surface area contributed by atoms with E-state index in [1.54, 1.807) is 0 Å². The van der Waals surface area contributed by atoms with Crippen molar-refractivity contribution in [3.63, 3.8) is 0 Å². The van der Waals surface area contributed by atoms with Crippen molar-refractivity contribution in [1.82, 2.24) is 4.98 Å². The number of fused-ring (bicyclic) bond motifs is 1. The number of benzene rings is 1. The van der Waals surface area contributed by atoms with Crippen LogP contribution >= 0.6 is 15.9 Å². The molecule has 1 fully saturated rings. The highest BCUT2D eigenvalue weighted by atomic mass is 79.9. The lowest BCUT2D eigenvalue weighted by Crippen LogP contribution is -2.26. The maximum Gasteiger partial charge on any atom is 0.156 e. The Morgan fingerprint density at radius 2 is 1.68 bits per heavy atom. The van der Waals surface area contributed by atoms with Crippen molar-refractivity contribution >= 4 is 32.7 Å². The molecule has 0 aliphatic heterocycles. The molecule has 1 heterocycles. The molecule has 156 valence electrons. The number of hydrogen-bond acceptors (Lipinski definition) is 4. The Morgan fingerprint density at radius 1 is 1.07 bits per heavy atom. The molecule has 0 unspecified atom stereocenters. The molecule has 0 radical (unpaired) electrons. The number of hydrogen-bond donors (Lipinski definition) is 3. The van der Waals surface area contributed by atoms with Gasteiger partial charge in [0.15, 0.2) is 5.79 Å². The van der Waals surface area contributed by atoms with Crippen molar-refractivity contribution in [2.24, 2.45) is 5.92 Å². The van der Waals surface area contributed by atoms with Crippen LogP contribution in [-0.2, 0) is 6.42 Å². The number of aromatic nitrogens is 1. The molecule has 0 amide bonds. The molecule has 3 rings (SSSR count). The predicted molar refractivity (Wildman–Crippen MR) is 122 cm³/mol. The SMILES string of the molecule is CC(C)(C)Nc1ccc2cc(Br)c(CCC3CCCC3)cc2n1.CC(C)(O)O. The summed E-state index contributed by atoms with van der Waals surface area (Å²) in [5.74, 6) is 0.383. The summed E-state index contributed by atoms with van der Waals surface area (Å²) >= 11 is 3.75. The minimum atomic E-state index is -1.50. The normalized spacial score (nSPS) is 15.4. The van der Waals surface area contributed by atoms with E-state index in [4.69, 9.17) is 15.2 Å². The van der Waals surface area contributed by atoms with Crippen LogP contribution in [0.25, 0.3) is 10.9 Å². The van der Waals surface area contributed by atoms with Gasteiger partial charge in [0.05, 0.1) is 5.52 Å².